The minimum Gasteiger partial charge on any atom is -0.394 e. The fourth-order valence-electron chi connectivity index (χ4n) is 2.00. The highest BCUT2D eigenvalue weighted by molar-refractivity contribution is 8.14. The van der Waals surface area contributed by atoms with Crippen LogP contribution in [0.4, 0.5) is 0 Å². The van der Waals surface area contributed by atoms with E-state index in [0.29, 0.717) is 5.04 Å². The average molecular weight is 313 g/mol. The largest absolute Gasteiger partial charge is 0.394 e. The highest BCUT2D eigenvalue weighted by atomic mass is 32.2. The number of aliphatic hydroxyl groups excluding tert-OH is 3. The van der Waals surface area contributed by atoms with E-state index in [4.69, 9.17) is 19.6 Å². The number of aliphatic hydroxyl groups is 3. The third kappa shape index (κ3) is 3.56. The van der Waals surface area contributed by atoms with Gasteiger partial charge in [0.2, 0.25) is 0 Å². The van der Waals surface area contributed by atoms with Gasteiger partial charge in [0.1, 0.15) is 29.8 Å². The van der Waals surface area contributed by atoms with Crippen molar-refractivity contribution in [3.63, 3.8) is 0 Å². The van der Waals surface area contributed by atoms with Gasteiger partial charge in [-0.25, -0.2) is 0 Å². The Hall–Kier alpha value is 0.01000. The normalized spacial score (nSPS) is 39.0. The first kappa shape index (κ1) is 15.4. The highest BCUT2D eigenvalue weighted by Gasteiger charge is 2.47. The molecular formula is C9H16NO7PS. The molecular weight excluding hydrogens is 297 g/mol. The van der Waals surface area contributed by atoms with Crippen molar-refractivity contribution in [1.29, 1.82) is 0 Å². The molecule has 5 N–H and O–H groups in total. The lowest BCUT2D eigenvalue weighted by Gasteiger charge is -2.37. The summed E-state index contributed by atoms with van der Waals surface area (Å²) >= 11 is 1.16. The molecule has 0 spiro atoms. The minimum absolute atomic E-state index is 0.0952. The first-order valence-corrected chi connectivity index (χ1v) is 8.40. The second-order valence-corrected chi connectivity index (χ2v) is 7.42. The molecule has 8 nitrogen and oxygen atoms in total. The standard InChI is InChI=1S/C9H16NO7PS/c11-3-4-7(12)8(13)6-9(17-4)19-5(10-6)1-2-18(14,15)16/h4,6-9,11-13H,1-3H2,(H2,14,15,16)/t4-,6-,7-,8-,9-/m1/s1. The number of hydrogen-bond donors (Lipinski definition) is 5. The Kier molecular flexibility index (Phi) is 4.69. The lowest BCUT2D eigenvalue weighted by atomic mass is 9.99. The Morgan fingerprint density at radius 2 is 2.00 bits per heavy atom. The molecule has 2 heterocycles. The topological polar surface area (TPSA) is 140 Å². The van der Waals surface area contributed by atoms with E-state index in [1.807, 2.05) is 0 Å². The van der Waals surface area contributed by atoms with Gasteiger partial charge in [0.25, 0.3) is 0 Å². The average Bonchev–Trinajstić information content (AvgIpc) is 2.73. The molecule has 10 heteroatoms. The SMILES string of the molecule is O=P(O)(O)CCC1=N[C@@H]2[C@@H](O)[C@H](O)[C@@H](CO)O[C@@H]2S1. The van der Waals surface area contributed by atoms with Crippen molar-refractivity contribution in [2.75, 3.05) is 12.8 Å². The van der Waals surface area contributed by atoms with Gasteiger partial charge in [0.15, 0.2) is 0 Å². The molecule has 0 aromatic rings. The molecule has 0 unspecified atom stereocenters. The zero-order valence-electron chi connectivity index (χ0n) is 9.86. The second-order valence-electron chi connectivity index (χ2n) is 4.48. The fourth-order valence-corrected chi connectivity index (χ4v) is 3.88. The maximum atomic E-state index is 10.8. The zero-order chi connectivity index (χ0) is 14.2. The third-order valence-electron chi connectivity index (χ3n) is 3.01. The summed E-state index contributed by atoms with van der Waals surface area (Å²) in [6, 6.07) is -0.672. The quantitative estimate of drug-likeness (QED) is 0.395. The summed E-state index contributed by atoms with van der Waals surface area (Å²) in [6.07, 6.45) is -3.48. The van der Waals surface area contributed by atoms with Crippen LogP contribution in [0.3, 0.4) is 0 Å². The van der Waals surface area contributed by atoms with Gasteiger partial charge >= 0.3 is 7.60 Å². The van der Waals surface area contributed by atoms with Crippen LogP contribution in [0.15, 0.2) is 4.99 Å². The van der Waals surface area contributed by atoms with Crippen LogP contribution in [0.5, 0.6) is 0 Å². The molecule has 0 aromatic heterocycles. The molecule has 1 saturated heterocycles. The molecule has 0 aliphatic carbocycles. The number of ether oxygens (including phenoxy) is 1. The zero-order valence-corrected chi connectivity index (χ0v) is 11.6. The van der Waals surface area contributed by atoms with Crippen molar-refractivity contribution >= 4 is 24.4 Å². The first-order valence-electron chi connectivity index (χ1n) is 5.72. The van der Waals surface area contributed by atoms with Crippen LogP contribution in [0, 0.1) is 0 Å². The van der Waals surface area contributed by atoms with Crippen LogP contribution in [0.25, 0.3) is 0 Å². The van der Waals surface area contributed by atoms with Crippen molar-refractivity contribution in [3.8, 4) is 0 Å². The molecule has 1 fully saturated rings. The summed E-state index contributed by atoms with van der Waals surface area (Å²) in [5.41, 5.74) is -0.540. The minimum atomic E-state index is -4.09. The number of hydrogen-bond acceptors (Lipinski definition) is 7. The maximum Gasteiger partial charge on any atom is 0.325 e. The summed E-state index contributed by atoms with van der Waals surface area (Å²) in [4.78, 5) is 21.7. The van der Waals surface area contributed by atoms with Gasteiger partial charge < -0.3 is 29.8 Å². The number of thioether (sulfide) groups is 1. The molecule has 0 radical (unpaired) electrons. The van der Waals surface area contributed by atoms with E-state index in [2.05, 4.69) is 4.99 Å². The molecule has 2 aliphatic heterocycles. The van der Waals surface area contributed by atoms with Crippen LogP contribution in [-0.4, -0.2) is 72.7 Å². The van der Waals surface area contributed by atoms with E-state index in [1.165, 1.54) is 0 Å². The second kappa shape index (κ2) is 5.79. The summed E-state index contributed by atoms with van der Waals surface area (Å²) in [6.45, 7) is -0.417. The third-order valence-corrected chi connectivity index (χ3v) is 5.02. The maximum absolute atomic E-state index is 10.8. The molecule has 19 heavy (non-hydrogen) atoms. The van der Waals surface area contributed by atoms with Crippen LogP contribution in [0.1, 0.15) is 6.42 Å². The highest BCUT2D eigenvalue weighted by Crippen LogP contribution is 2.40. The molecule has 2 rings (SSSR count). The summed E-state index contributed by atoms with van der Waals surface area (Å²) < 4.78 is 16.2. The Labute approximate surface area is 113 Å². The van der Waals surface area contributed by atoms with Gasteiger partial charge in [-0.2, -0.15) is 0 Å². The fraction of sp³-hybridized carbons (Fsp3) is 0.889. The Morgan fingerprint density at radius 1 is 1.32 bits per heavy atom. The molecule has 0 bridgehead atoms. The monoisotopic (exact) mass is 313 g/mol. The molecule has 0 saturated carbocycles. The van der Waals surface area contributed by atoms with Gasteiger partial charge in [-0.15, -0.1) is 0 Å². The van der Waals surface area contributed by atoms with Crippen molar-refractivity contribution < 1.29 is 34.4 Å². The lowest BCUT2D eigenvalue weighted by Crippen LogP contribution is -2.55. The van der Waals surface area contributed by atoms with E-state index < -0.39 is 44.0 Å². The summed E-state index contributed by atoms with van der Waals surface area (Å²) in [5, 5.41) is 29.1. The Bertz CT molecular complexity index is 413. The van der Waals surface area contributed by atoms with Gasteiger partial charge in [0.05, 0.1) is 17.8 Å². The number of nitrogens with zero attached hydrogens (tertiary/aromatic N) is 1. The molecule has 0 amide bonds. The molecule has 110 valence electrons. The van der Waals surface area contributed by atoms with E-state index in [-0.39, 0.29) is 12.6 Å². The van der Waals surface area contributed by atoms with Crippen LogP contribution >= 0.6 is 19.4 Å². The Balaban J connectivity index is 2.01. The predicted octanol–water partition coefficient (Wildman–Crippen LogP) is -1.49. The smallest absolute Gasteiger partial charge is 0.325 e. The lowest BCUT2D eigenvalue weighted by molar-refractivity contribution is -0.164. The molecule has 0 aromatic carbocycles. The number of aliphatic imine (C=N–C) groups is 1. The van der Waals surface area contributed by atoms with E-state index in [9.17, 15) is 14.8 Å². The molecule has 2 aliphatic rings. The van der Waals surface area contributed by atoms with Crippen LogP contribution < -0.4 is 0 Å². The number of fused-ring (bicyclic) bond motifs is 1. The van der Waals surface area contributed by atoms with Gasteiger partial charge in [0, 0.05) is 6.42 Å². The van der Waals surface area contributed by atoms with Crippen LogP contribution in [-0.2, 0) is 9.30 Å². The first-order chi connectivity index (χ1) is 8.81. The predicted molar refractivity (Wildman–Crippen MR) is 68.1 cm³/mol. The van der Waals surface area contributed by atoms with E-state index >= 15 is 0 Å². The van der Waals surface area contributed by atoms with Gasteiger partial charge in [-0.3, -0.25) is 9.56 Å². The summed E-state index contributed by atoms with van der Waals surface area (Å²) in [7, 11) is -4.09. The van der Waals surface area contributed by atoms with E-state index in [1.54, 1.807) is 0 Å². The van der Waals surface area contributed by atoms with Crippen molar-refractivity contribution in [2.45, 2.75) is 36.2 Å². The summed E-state index contributed by atoms with van der Waals surface area (Å²) in [5.74, 6) is 0. The van der Waals surface area contributed by atoms with Crippen molar-refractivity contribution in [2.24, 2.45) is 4.99 Å². The van der Waals surface area contributed by atoms with Crippen molar-refractivity contribution in [3.05, 3.63) is 0 Å². The number of rotatable bonds is 4. The Morgan fingerprint density at radius 3 is 2.58 bits per heavy atom. The van der Waals surface area contributed by atoms with Gasteiger partial charge in [-0.1, -0.05) is 11.8 Å². The van der Waals surface area contributed by atoms with Crippen LogP contribution in [0.2, 0.25) is 0 Å². The molecule has 5 atom stereocenters. The van der Waals surface area contributed by atoms with Gasteiger partial charge in [-0.05, 0) is 0 Å². The van der Waals surface area contributed by atoms with Crippen molar-refractivity contribution in [1.82, 2.24) is 0 Å². The van der Waals surface area contributed by atoms with E-state index in [0.717, 1.165) is 11.8 Å².